The molecule has 22 heavy (non-hydrogen) atoms. The number of esters is 1. The molecule has 1 aliphatic rings. The summed E-state index contributed by atoms with van der Waals surface area (Å²) in [5, 5.41) is 0. The monoisotopic (exact) mass is 305 g/mol. The lowest BCUT2D eigenvalue weighted by atomic mass is 9.97. The molecule has 0 bridgehead atoms. The van der Waals surface area contributed by atoms with Crippen molar-refractivity contribution in [3.05, 3.63) is 29.8 Å². The van der Waals surface area contributed by atoms with E-state index in [2.05, 4.69) is 18.6 Å². The van der Waals surface area contributed by atoms with Gasteiger partial charge in [0, 0.05) is 12.1 Å². The number of benzene rings is 1. The number of hydrogen-bond acceptors (Lipinski definition) is 4. The van der Waals surface area contributed by atoms with E-state index in [1.807, 2.05) is 4.90 Å². The molecular weight excluding hydrogens is 282 g/mol. The number of methoxy groups -OCH3 is 1. The van der Waals surface area contributed by atoms with Crippen LogP contribution in [-0.2, 0) is 9.53 Å². The predicted octanol–water partition coefficient (Wildman–Crippen LogP) is 2.64. The Balaban J connectivity index is 1.97. The van der Waals surface area contributed by atoms with Crippen LogP contribution >= 0.6 is 0 Å². The van der Waals surface area contributed by atoms with Crippen LogP contribution < -0.4 is 4.74 Å². The van der Waals surface area contributed by atoms with E-state index in [9.17, 15) is 9.59 Å². The van der Waals surface area contributed by atoms with Crippen molar-refractivity contribution < 1.29 is 19.1 Å². The summed E-state index contributed by atoms with van der Waals surface area (Å²) in [5.74, 6) is 0.0618. The highest BCUT2D eigenvalue weighted by Crippen LogP contribution is 2.23. The van der Waals surface area contributed by atoms with Gasteiger partial charge in [-0.2, -0.15) is 0 Å². The molecule has 1 heterocycles. The average molecular weight is 305 g/mol. The van der Waals surface area contributed by atoms with Crippen molar-refractivity contribution in [2.75, 3.05) is 13.7 Å². The van der Waals surface area contributed by atoms with Crippen LogP contribution in [0.1, 0.15) is 43.5 Å². The molecule has 1 saturated heterocycles. The van der Waals surface area contributed by atoms with Crippen LogP contribution in [0.15, 0.2) is 24.3 Å². The number of amides is 1. The van der Waals surface area contributed by atoms with Gasteiger partial charge in [-0.1, -0.05) is 6.07 Å². The van der Waals surface area contributed by atoms with Crippen molar-refractivity contribution in [3.63, 3.8) is 0 Å². The molecule has 0 N–H and O–H groups in total. The van der Waals surface area contributed by atoms with Gasteiger partial charge in [-0.05, 0) is 51.3 Å². The Labute approximate surface area is 131 Å². The first kappa shape index (κ1) is 16.3. The minimum absolute atomic E-state index is 0.0110. The zero-order valence-electron chi connectivity index (χ0n) is 13.4. The quantitative estimate of drug-likeness (QED) is 0.803. The molecule has 2 unspecified atom stereocenters. The fourth-order valence-electron chi connectivity index (χ4n) is 2.96. The molecule has 0 aliphatic carbocycles. The van der Waals surface area contributed by atoms with Crippen LogP contribution in [0.3, 0.4) is 0 Å². The Hall–Kier alpha value is -2.04. The van der Waals surface area contributed by atoms with Crippen molar-refractivity contribution in [1.29, 1.82) is 0 Å². The van der Waals surface area contributed by atoms with Crippen molar-refractivity contribution in [2.24, 2.45) is 0 Å². The van der Waals surface area contributed by atoms with Crippen LogP contribution in [0.5, 0.6) is 5.75 Å². The summed E-state index contributed by atoms with van der Waals surface area (Å²) >= 11 is 0. The van der Waals surface area contributed by atoms with Gasteiger partial charge in [0.15, 0.2) is 6.61 Å². The maximum atomic E-state index is 12.4. The lowest BCUT2D eigenvalue weighted by Crippen LogP contribution is -2.49. The van der Waals surface area contributed by atoms with Gasteiger partial charge >= 0.3 is 5.97 Å². The van der Waals surface area contributed by atoms with E-state index < -0.39 is 5.97 Å². The largest absolute Gasteiger partial charge is 0.484 e. The lowest BCUT2D eigenvalue weighted by molar-refractivity contribution is -0.139. The number of piperidine rings is 1. The standard InChI is InChI=1S/C17H23NO4/c1-12-6-4-7-13(2)18(12)16(19)11-22-15-9-5-8-14(10-15)17(20)21-3/h5,8-10,12-13H,4,6-7,11H2,1-3H3. The van der Waals surface area contributed by atoms with Crippen molar-refractivity contribution >= 4 is 11.9 Å². The van der Waals surface area contributed by atoms with Crippen LogP contribution in [0.4, 0.5) is 0 Å². The molecule has 1 aromatic rings. The van der Waals surface area contributed by atoms with Gasteiger partial charge in [0.2, 0.25) is 0 Å². The molecule has 0 saturated carbocycles. The number of nitrogens with zero attached hydrogens (tertiary/aromatic N) is 1. The first-order valence-corrected chi connectivity index (χ1v) is 7.65. The summed E-state index contributed by atoms with van der Waals surface area (Å²) in [6.45, 7) is 4.14. The van der Waals surface area contributed by atoms with Gasteiger partial charge in [-0.15, -0.1) is 0 Å². The number of likely N-dealkylation sites (tertiary alicyclic amines) is 1. The molecule has 2 atom stereocenters. The Bertz CT molecular complexity index is 533. The molecule has 1 aromatic carbocycles. The summed E-state index contributed by atoms with van der Waals surface area (Å²) in [7, 11) is 1.33. The van der Waals surface area contributed by atoms with Gasteiger partial charge in [0.1, 0.15) is 5.75 Å². The Kier molecular flexibility index (Phi) is 5.41. The summed E-state index contributed by atoms with van der Waals surface area (Å²) < 4.78 is 10.2. The minimum Gasteiger partial charge on any atom is -0.484 e. The number of carbonyl (C=O) groups excluding carboxylic acids is 2. The topological polar surface area (TPSA) is 55.8 Å². The van der Waals surface area contributed by atoms with Crippen LogP contribution in [0.25, 0.3) is 0 Å². The zero-order chi connectivity index (χ0) is 16.1. The lowest BCUT2D eigenvalue weighted by Gasteiger charge is -2.38. The van der Waals surface area contributed by atoms with Crippen molar-refractivity contribution in [3.8, 4) is 5.75 Å². The first-order valence-electron chi connectivity index (χ1n) is 7.65. The van der Waals surface area contributed by atoms with Crippen LogP contribution in [0.2, 0.25) is 0 Å². The highest BCUT2D eigenvalue weighted by Gasteiger charge is 2.28. The maximum Gasteiger partial charge on any atom is 0.337 e. The van der Waals surface area contributed by atoms with E-state index in [4.69, 9.17) is 4.74 Å². The molecule has 2 rings (SSSR count). The molecular formula is C17H23NO4. The summed E-state index contributed by atoms with van der Waals surface area (Å²) in [4.78, 5) is 25.8. The second-order valence-corrected chi connectivity index (χ2v) is 5.74. The second-order valence-electron chi connectivity index (χ2n) is 5.74. The smallest absolute Gasteiger partial charge is 0.337 e. The van der Waals surface area contributed by atoms with Gasteiger partial charge in [0.05, 0.1) is 12.7 Å². The molecule has 5 nitrogen and oxygen atoms in total. The summed E-state index contributed by atoms with van der Waals surface area (Å²) in [6, 6.07) is 7.17. The van der Waals surface area contributed by atoms with Gasteiger partial charge in [-0.25, -0.2) is 4.79 Å². The number of hydrogen-bond donors (Lipinski definition) is 0. The summed E-state index contributed by atoms with van der Waals surface area (Å²) in [5.41, 5.74) is 0.409. The maximum absolute atomic E-state index is 12.4. The predicted molar refractivity (Wildman–Crippen MR) is 82.9 cm³/mol. The molecule has 0 radical (unpaired) electrons. The highest BCUT2D eigenvalue weighted by molar-refractivity contribution is 5.89. The SMILES string of the molecule is COC(=O)c1cccc(OCC(=O)N2C(C)CCCC2C)c1. The Morgan fingerprint density at radius 1 is 1.23 bits per heavy atom. The summed E-state index contributed by atoms with van der Waals surface area (Å²) in [6.07, 6.45) is 3.23. The van der Waals surface area contributed by atoms with Crippen molar-refractivity contribution in [1.82, 2.24) is 4.90 Å². The highest BCUT2D eigenvalue weighted by atomic mass is 16.5. The fraction of sp³-hybridized carbons (Fsp3) is 0.529. The number of rotatable bonds is 4. The second kappa shape index (κ2) is 7.29. The molecule has 1 fully saturated rings. The molecule has 5 heteroatoms. The van der Waals surface area contributed by atoms with Gasteiger partial charge < -0.3 is 14.4 Å². The van der Waals surface area contributed by atoms with E-state index in [-0.39, 0.29) is 24.6 Å². The van der Waals surface area contributed by atoms with E-state index in [0.717, 1.165) is 19.3 Å². The van der Waals surface area contributed by atoms with Gasteiger partial charge in [0.25, 0.3) is 5.91 Å². The normalized spacial score (nSPS) is 21.3. The minimum atomic E-state index is -0.421. The Morgan fingerprint density at radius 3 is 2.55 bits per heavy atom. The van der Waals surface area contributed by atoms with Gasteiger partial charge in [-0.3, -0.25) is 4.79 Å². The van der Waals surface area contributed by atoms with E-state index in [1.165, 1.54) is 7.11 Å². The van der Waals surface area contributed by atoms with Crippen LogP contribution in [-0.4, -0.2) is 42.6 Å². The van der Waals surface area contributed by atoms with Crippen LogP contribution in [0, 0.1) is 0 Å². The zero-order valence-corrected chi connectivity index (χ0v) is 13.4. The third-order valence-corrected chi connectivity index (χ3v) is 4.10. The van der Waals surface area contributed by atoms with Crippen molar-refractivity contribution in [2.45, 2.75) is 45.2 Å². The fourth-order valence-corrected chi connectivity index (χ4v) is 2.96. The van der Waals surface area contributed by atoms with E-state index >= 15 is 0 Å². The molecule has 1 amide bonds. The number of ether oxygens (including phenoxy) is 2. The molecule has 0 spiro atoms. The van der Waals surface area contributed by atoms with E-state index in [0.29, 0.717) is 11.3 Å². The Morgan fingerprint density at radius 2 is 1.91 bits per heavy atom. The third-order valence-electron chi connectivity index (χ3n) is 4.10. The average Bonchev–Trinajstić information content (AvgIpc) is 2.52. The molecule has 1 aliphatic heterocycles. The number of carbonyl (C=O) groups is 2. The third kappa shape index (κ3) is 3.78. The first-order chi connectivity index (χ1) is 10.5. The van der Waals surface area contributed by atoms with E-state index in [1.54, 1.807) is 24.3 Å². The molecule has 120 valence electrons. The molecule has 0 aromatic heterocycles.